The standard InChI is InChI=1S/C33H38FN3OS/c1-2-3-15-36-18-13-26-5-4-6-30(32(26)36)33(38)37-21-28(31(22-37)27-14-19-39-23-27)20-35-16-11-25(12-17-35)24-7-9-29(34)10-8-24/h4-10,13-14,18-19,23,25,28,31H,2-3,11-12,15-17,20-22H2,1H3. The summed E-state index contributed by atoms with van der Waals surface area (Å²) in [4.78, 5) is 18.7. The van der Waals surface area contributed by atoms with Gasteiger partial charge in [-0.15, -0.1) is 0 Å². The van der Waals surface area contributed by atoms with E-state index in [0.29, 0.717) is 17.8 Å². The zero-order valence-electron chi connectivity index (χ0n) is 22.8. The maximum Gasteiger partial charge on any atom is 0.256 e. The number of para-hydroxylation sites is 1. The van der Waals surface area contributed by atoms with Crippen molar-refractivity contribution in [1.82, 2.24) is 14.4 Å². The van der Waals surface area contributed by atoms with Gasteiger partial charge >= 0.3 is 0 Å². The number of aryl methyl sites for hydroxylation is 1. The van der Waals surface area contributed by atoms with Crippen LogP contribution in [-0.4, -0.2) is 53.0 Å². The van der Waals surface area contributed by atoms with E-state index in [0.717, 1.165) is 81.4 Å². The number of unbranched alkanes of at least 4 members (excludes halogenated alkanes) is 1. The first-order chi connectivity index (χ1) is 19.1. The normalized spacial score (nSPS) is 20.7. The third-order valence-electron chi connectivity index (χ3n) is 8.89. The van der Waals surface area contributed by atoms with Gasteiger partial charge < -0.3 is 14.4 Å². The van der Waals surface area contributed by atoms with E-state index in [1.165, 1.54) is 11.1 Å². The minimum atomic E-state index is -0.165. The Kier molecular flexibility index (Phi) is 7.85. The molecule has 0 aliphatic carbocycles. The number of benzene rings is 2. The number of thiophene rings is 1. The molecule has 2 saturated heterocycles. The van der Waals surface area contributed by atoms with Gasteiger partial charge in [-0.05, 0) is 96.4 Å². The molecule has 39 heavy (non-hydrogen) atoms. The van der Waals surface area contributed by atoms with Gasteiger partial charge in [0.25, 0.3) is 5.91 Å². The summed E-state index contributed by atoms with van der Waals surface area (Å²) in [6, 6.07) is 17.6. The Morgan fingerprint density at radius 3 is 2.56 bits per heavy atom. The van der Waals surface area contributed by atoms with Crippen LogP contribution >= 0.6 is 11.3 Å². The molecule has 6 rings (SSSR count). The largest absolute Gasteiger partial charge is 0.347 e. The number of piperidine rings is 1. The van der Waals surface area contributed by atoms with Gasteiger partial charge in [-0.1, -0.05) is 37.6 Å². The quantitative estimate of drug-likeness (QED) is 0.232. The van der Waals surface area contributed by atoms with Gasteiger partial charge in [-0.3, -0.25) is 4.79 Å². The number of amides is 1. The molecule has 204 valence electrons. The number of rotatable bonds is 8. The predicted octanol–water partition coefficient (Wildman–Crippen LogP) is 7.38. The van der Waals surface area contributed by atoms with Crippen LogP contribution in [0, 0.1) is 11.7 Å². The Morgan fingerprint density at radius 1 is 1.00 bits per heavy atom. The maximum absolute atomic E-state index is 14.0. The van der Waals surface area contributed by atoms with E-state index < -0.39 is 0 Å². The summed E-state index contributed by atoms with van der Waals surface area (Å²) in [5.74, 6) is 1.27. The Balaban J connectivity index is 1.17. The summed E-state index contributed by atoms with van der Waals surface area (Å²) in [6.45, 7) is 7.83. The average molecular weight is 544 g/mol. The Labute approximate surface area is 235 Å². The van der Waals surface area contributed by atoms with Crippen molar-refractivity contribution in [2.75, 3.05) is 32.7 Å². The van der Waals surface area contributed by atoms with Gasteiger partial charge in [-0.25, -0.2) is 4.39 Å². The first kappa shape index (κ1) is 26.3. The van der Waals surface area contributed by atoms with Crippen LogP contribution in [0.5, 0.6) is 0 Å². The van der Waals surface area contributed by atoms with E-state index in [-0.39, 0.29) is 11.7 Å². The fourth-order valence-corrected chi connectivity index (χ4v) is 7.44. The lowest BCUT2D eigenvalue weighted by Gasteiger charge is -2.34. The molecule has 0 bridgehead atoms. The van der Waals surface area contributed by atoms with Gasteiger partial charge in [0.15, 0.2) is 0 Å². The zero-order valence-corrected chi connectivity index (χ0v) is 23.6. The molecule has 1 amide bonds. The number of nitrogens with zero attached hydrogens (tertiary/aromatic N) is 3. The van der Waals surface area contributed by atoms with Crippen molar-refractivity contribution < 1.29 is 9.18 Å². The number of hydrogen-bond donors (Lipinski definition) is 0. The summed E-state index contributed by atoms with van der Waals surface area (Å²) < 4.78 is 15.7. The van der Waals surface area contributed by atoms with Crippen molar-refractivity contribution in [3.05, 3.63) is 94.1 Å². The molecule has 0 spiro atoms. The fraction of sp³-hybridized carbons (Fsp3) is 0.424. The van der Waals surface area contributed by atoms with Crippen LogP contribution in [0.25, 0.3) is 10.9 Å². The molecule has 0 radical (unpaired) electrons. The monoisotopic (exact) mass is 543 g/mol. The molecule has 2 aliphatic rings. The average Bonchev–Trinajstić information content (AvgIpc) is 3.72. The highest BCUT2D eigenvalue weighted by Gasteiger charge is 2.38. The molecule has 4 aromatic rings. The number of aromatic nitrogens is 1. The van der Waals surface area contributed by atoms with Crippen molar-refractivity contribution in [2.45, 2.75) is 51.0 Å². The van der Waals surface area contributed by atoms with Crippen LogP contribution in [-0.2, 0) is 6.54 Å². The highest BCUT2D eigenvalue weighted by molar-refractivity contribution is 7.08. The second-order valence-electron chi connectivity index (χ2n) is 11.4. The molecule has 6 heteroatoms. The number of likely N-dealkylation sites (tertiary alicyclic amines) is 2. The molecule has 2 unspecified atom stereocenters. The Hall–Kier alpha value is -2.96. The molecule has 4 heterocycles. The molecule has 2 atom stereocenters. The summed E-state index contributed by atoms with van der Waals surface area (Å²) in [5, 5.41) is 5.57. The number of fused-ring (bicyclic) bond motifs is 1. The minimum Gasteiger partial charge on any atom is -0.347 e. The topological polar surface area (TPSA) is 28.5 Å². The Morgan fingerprint density at radius 2 is 1.82 bits per heavy atom. The number of carbonyl (C=O) groups excluding carboxylic acids is 1. The smallest absolute Gasteiger partial charge is 0.256 e. The van der Waals surface area contributed by atoms with Gasteiger partial charge in [0.1, 0.15) is 5.82 Å². The summed E-state index contributed by atoms with van der Waals surface area (Å²) >= 11 is 1.74. The third-order valence-corrected chi connectivity index (χ3v) is 9.59. The molecule has 0 N–H and O–H groups in total. The molecular formula is C33H38FN3OS. The lowest BCUT2D eigenvalue weighted by molar-refractivity contribution is 0.0783. The summed E-state index contributed by atoms with van der Waals surface area (Å²) in [7, 11) is 0. The zero-order chi connectivity index (χ0) is 26.8. The van der Waals surface area contributed by atoms with Crippen molar-refractivity contribution in [3.8, 4) is 0 Å². The first-order valence-corrected chi connectivity index (χ1v) is 15.4. The van der Waals surface area contributed by atoms with Gasteiger partial charge in [0, 0.05) is 43.7 Å². The fourth-order valence-electron chi connectivity index (χ4n) is 6.72. The SMILES string of the molecule is CCCCn1ccc2cccc(C(=O)N3CC(CN4CCC(c5ccc(F)cc5)CC4)C(c4ccsc4)C3)c21. The number of halogens is 1. The molecule has 0 saturated carbocycles. The molecule has 2 aliphatic heterocycles. The summed E-state index contributed by atoms with van der Waals surface area (Å²) in [5.41, 5.74) is 4.53. The second-order valence-corrected chi connectivity index (χ2v) is 12.1. The minimum absolute atomic E-state index is 0.162. The van der Waals surface area contributed by atoms with Crippen LogP contribution in [0.4, 0.5) is 4.39 Å². The van der Waals surface area contributed by atoms with E-state index in [4.69, 9.17) is 0 Å². The third kappa shape index (κ3) is 5.55. The van der Waals surface area contributed by atoms with Gasteiger partial charge in [0.2, 0.25) is 0 Å². The number of hydrogen-bond acceptors (Lipinski definition) is 3. The van der Waals surface area contributed by atoms with E-state index in [9.17, 15) is 9.18 Å². The summed E-state index contributed by atoms with van der Waals surface area (Å²) in [6.07, 6.45) is 6.57. The molecular weight excluding hydrogens is 505 g/mol. The predicted molar refractivity (Wildman–Crippen MR) is 158 cm³/mol. The van der Waals surface area contributed by atoms with Crippen molar-refractivity contribution >= 4 is 28.1 Å². The van der Waals surface area contributed by atoms with Crippen molar-refractivity contribution in [1.29, 1.82) is 0 Å². The highest BCUT2D eigenvalue weighted by Crippen LogP contribution is 2.37. The van der Waals surface area contributed by atoms with Crippen LogP contribution in [0.1, 0.15) is 65.9 Å². The highest BCUT2D eigenvalue weighted by atomic mass is 32.1. The van der Waals surface area contributed by atoms with E-state index in [2.05, 4.69) is 56.4 Å². The molecule has 2 fully saturated rings. The lowest BCUT2D eigenvalue weighted by atomic mass is 9.87. The molecule has 4 nitrogen and oxygen atoms in total. The molecule has 2 aromatic carbocycles. The maximum atomic E-state index is 14.0. The second kappa shape index (κ2) is 11.6. The van der Waals surface area contributed by atoms with Gasteiger partial charge in [-0.2, -0.15) is 11.3 Å². The van der Waals surface area contributed by atoms with Crippen LogP contribution in [0.2, 0.25) is 0 Å². The molecule has 2 aromatic heterocycles. The van der Waals surface area contributed by atoms with Crippen LogP contribution in [0.15, 0.2) is 71.6 Å². The van der Waals surface area contributed by atoms with Crippen molar-refractivity contribution in [2.24, 2.45) is 5.92 Å². The van der Waals surface area contributed by atoms with Crippen LogP contribution < -0.4 is 0 Å². The van der Waals surface area contributed by atoms with Crippen LogP contribution in [0.3, 0.4) is 0 Å². The van der Waals surface area contributed by atoms with E-state index in [1.54, 1.807) is 23.5 Å². The van der Waals surface area contributed by atoms with Crippen molar-refractivity contribution in [3.63, 3.8) is 0 Å². The van der Waals surface area contributed by atoms with E-state index in [1.807, 2.05) is 24.3 Å². The lowest BCUT2D eigenvalue weighted by Crippen LogP contribution is -2.38. The first-order valence-electron chi connectivity index (χ1n) is 14.5. The van der Waals surface area contributed by atoms with E-state index >= 15 is 0 Å². The Bertz CT molecular complexity index is 1390. The van der Waals surface area contributed by atoms with Gasteiger partial charge in [0.05, 0.1) is 11.1 Å². The number of carbonyl (C=O) groups is 1.